The molecule has 8 heteroatoms. The summed E-state index contributed by atoms with van der Waals surface area (Å²) >= 11 is 5.78. The number of rotatable bonds is 2. The smallest absolute Gasteiger partial charge is 0.341 e. The van der Waals surface area contributed by atoms with Gasteiger partial charge < -0.3 is 9.80 Å². The van der Waals surface area contributed by atoms with Gasteiger partial charge in [-0.3, -0.25) is 9.59 Å². The van der Waals surface area contributed by atoms with Gasteiger partial charge in [-0.15, -0.1) is 0 Å². The molecule has 1 aromatic carbocycles. The molecule has 0 bridgehead atoms. The monoisotopic (exact) mass is 348 g/mol. The lowest BCUT2D eigenvalue weighted by Crippen LogP contribution is -2.43. The molecule has 4 nitrogen and oxygen atoms in total. The molecule has 1 aromatic rings. The maximum absolute atomic E-state index is 12.5. The quantitative estimate of drug-likeness (QED) is 0.824. The second-order valence-electron chi connectivity index (χ2n) is 5.33. The number of benzene rings is 1. The van der Waals surface area contributed by atoms with E-state index in [-0.39, 0.29) is 32.0 Å². The van der Waals surface area contributed by atoms with Crippen molar-refractivity contribution in [3.8, 4) is 0 Å². The maximum atomic E-state index is 12.5. The van der Waals surface area contributed by atoms with Crippen molar-refractivity contribution in [2.45, 2.75) is 19.0 Å². The van der Waals surface area contributed by atoms with E-state index in [2.05, 4.69) is 0 Å². The summed E-state index contributed by atoms with van der Waals surface area (Å²) in [7, 11) is 0. The minimum Gasteiger partial charge on any atom is -0.341 e. The van der Waals surface area contributed by atoms with Crippen LogP contribution in [0.1, 0.15) is 12.0 Å². The minimum atomic E-state index is -4.87. The Morgan fingerprint density at radius 2 is 1.57 bits per heavy atom. The molecule has 1 aliphatic heterocycles. The lowest BCUT2D eigenvalue weighted by atomic mass is 10.1. The molecule has 0 radical (unpaired) electrons. The van der Waals surface area contributed by atoms with Crippen LogP contribution in [0.4, 0.5) is 13.2 Å². The lowest BCUT2D eigenvalue weighted by Gasteiger charge is -2.23. The Morgan fingerprint density at radius 1 is 1.00 bits per heavy atom. The first kappa shape index (κ1) is 17.6. The van der Waals surface area contributed by atoms with Crippen molar-refractivity contribution < 1.29 is 22.8 Å². The molecule has 126 valence electrons. The molecule has 23 heavy (non-hydrogen) atoms. The van der Waals surface area contributed by atoms with Crippen LogP contribution in [0.3, 0.4) is 0 Å². The fourth-order valence-electron chi connectivity index (χ4n) is 2.44. The molecule has 2 amide bonds. The van der Waals surface area contributed by atoms with Crippen LogP contribution in [0.25, 0.3) is 0 Å². The first-order valence-corrected chi connectivity index (χ1v) is 7.53. The summed E-state index contributed by atoms with van der Waals surface area (Å²) in [5.41, 5.74) is 0.784. The van der Waals surface area contributed by atoms with Crippen molar-refractivity contribution in [2.24, 2.45) is 0 Å². The van der Waals surface area contributed by atoms with Gasteiger partial charge in [0.2, 0.25) is 5.91 Å². The van der Waals surface area contributed by atoms with Crippen molar-refractivity contribution in [3.63, 3.8) is 0 Å². The number of amides is 2. The fourth-order valence-corrected chi connectivity index (χ4v) is 2.56. The summed E-state index contributed by atoms with van der Waals surface area (Å²) in [5.74, 6) is -2.02. The predicted octanol–water partition coefficient (Wildman–Crippen LogP) is 2.51. The van der Waals surface area contributed by atoms with Crippen LogP contribution < -0.4 is 0 Å². The van der Waals surface area contributed by atoms with Crippen LogP contribution in [0.2, 0.25) is 5.02 Å². The van der Waals surface area contributed by atoms with Gasteiger partial charge in [0.25, 0.3) is 0 Å². The van der Waals surface area contributed by atoms with Crippen LogP contribution in [-0.4, -0.2) is 54.0 Å². The second-order valence-corrected chi connectivity index (χ2v) is 5.76. The van der Waals surface area contributed by atoms with Gasteiger partial charge in [-0.05, 0) is 24.1 Å². The molecule has 0 aromatic heterocycles. The summed E-state index contributed by atoms with van der Waals surface area (Å²) < 4.78 is 37.4. The number of hydrogen-bond acceptors (Lipinski definition) is 2. The molecular weight excluding hydrogens is 333 g/mol. The second kappa shape index (κ2) is 7.21. The summed E-state index contributed by atoms with van der Waals surface area (Å²) in [6.07, 6.45) is -4.39. The Balaban J connectivity index is 1.93. The van der Waals surface area contributed by atoms with Crippen molar-refractivity contribution >= 4 is 23.4 Å². The third kappa shape index (κ3) is 4.86. The number of alkyl halides is 3. The molecule has 0 atom stereocenters. The predicted molar refractivity (Wildman–Crippen MR) is 79.0 cm³/mol. The molecule has 1 saturated heterocycles. The van der Waals surface area contributed by atoms with Gasteiger partial charge >= 0.3 is 12.1 Å². The number of nitrogens with zero attached hydrogens (tertiary/aromatic N) is 2. The Bertz CT molecular complexity index is 575. The Labute approximate surface area is 136 Å². The molecule has 0 unspecified atom stereocenters. The van der Waals surface area contributed by atoms with E-state index in [9.17, 15) is 22.8 Å². The van der Waals surface area contributed by atoms with Crippen LogP contribution in [0.15, 0.2) is 24.3 Å². The fraction of sp³-hybridized carbons (Fsp3) is 0.467. The zero-order chi connectivity index (χ0) is 17.0. The van der Waals surface area contributed by atoms with Crippen LogP contribution in [0, 0.1) is 0 Å². The van der Waals surface area contributed by atoms with Crippen molar-refractivity contribution in [1.82, 2.24) is 9.80 Å². The topological polar surface area (TPSA) is 40.6 Å². The highest BCUT2D eigenvalue weighted by Gasteiger charge is 2.42. The zero-order valence-electron chi connectivity index (χ0n) is 12.3. The molecule has 1 heterocycles. The van der Waals surface area contributed by atoms with Gasteiger partial charge in [-0.1, -0.05) is 23.7 Å². The molecule has 0 spiro atoms. The summed E-state index contributed by atoms with van der Waals surface area (Å²) in [4.78, 5) is 25.8. The van der Waals surface area contributed by atoms with E-state index in [1.807, 2.05) is 0 Å². The maximum Gasteiger partial charge on any atom is 0.471 e. The highest BCUT2D eigenvalue weighted by atomic mass is 35.5. The number of hydrogen-bond donors (Lipinski definition) is 0. The first-order chi connectivity index (χ1) is 10.8. The average Bonchev–Trinajstić information content (AvgIpc) is 2.73. The Kier molecular flexibility index (Phi) is 5.51. The molecule has 1 aliphatic rings. The number of halogens is 4. The van der Waals surface area contributed by atoms with Crippen LogP contribution in [0.5, 0.6) is 0 Å². The van der Waals surface area contributed by atoms with Crippen LogP contribution >= 0.6 is 11.6 Å². The van der Waals surface area contributed by atoms with E-state index >= 15 is 0 Å². The molecule has 2 rings (SSSR count). The average molecular weight is 349 g/mol. The number of carbonyl (C=O) groups is 2. The van der Waals surface area contributed by atoms with Crippen LogP contribution in [-0.2, 0) is 16.0 Å². The summed E-state index contributed by atoms with van der Waals surface area (Å²) in [6, 6.07) is 6.82. The van der Waals surface area contributed by atoms with Crippen molar-refractivity contribution in [3.05, 3.63) is 34.9 Å². The molecule has 0 aliphatic carbocycles. The normalized spacial score (nSPS) is 16.2. The molecular formula is C15H16ClF3N2O2. The van der Waals surface area contributed by atoms with E-state index in [1.54, 1.807) is 24.3 Å². The van der Waals surface area contributed by atoms with Gasteiger partial charge in [0.15, 0.2) is 0 Å². The van der Waals surface area contributed by atoms with Crippen molar-refractivity contribution in [1.29, 1.82) is 0 Å². The highest BCUT2D eigenvalue weighted by Crippen LogP contribution is 2.20. The molecule has 0 saturated carbocycles. The minimum absolute atomic E-state index is 0.00304. The van der Waals surface area contributed by atoms with Gasteiger partial charge in [0.1, 0.15) is 0 Å². The van der Waals surface area contributed by atoms with Gasteiger partial charge in [0.05, 0.1) is 6.42 Å². The number of carbonyl (C=O) groups excluding carboxylic acids is 2. The Hall–Kier alpha value is -1.76. The third-order valence-corrected chi connectivity index (χ3v) is 3.90. The van der Waals surface area contributed by atoms with E-state index in [4.69, 9.17) is 11.6 Å². The van der Waals surface area contributed by atoms with E-state index < -0.39 is 12.1 Å². The lowest BCUT2D eigenvalue weighted by molar-refractivity contribution is -0.185. The van der Waals surface area contributed by atoms with E-state index in [0.29, 0.717) is 18.0 Å². The van der Waals surface area contributed by atoms with E-state index in [1.165, 1.54) is 4.90 Å². The van der Waals surface area contributed by atoms with E-state index in [0.717, 1.165) is 10.5 Å². The standard InChI is InChI=1S/C15H16ClF3N2O2/c16-12-4-2-11(3-5-12)10-13(22)20-6-1-7-21(9-8-20)14(23)15(17,18)19/h2-5H,1,6-10H2. The molecule has 0 N–H and O–H groups in total. The Morgan fingerprint density at radius 3 is 2.17 bits per heavy atom. The summed E-state index contributed by atoms with van der Waals surface area (Å²) in [6.45, 7) is 0.343. The zero-order valence-corrected chi connectivity index (χ0v) is 13.0. The first-order valence-electron chi connectivity index (χ1n) is 7.15. The highest BCUT2D eigenvalue weighted by molar-refractivity contribution is 6.30. The summed E-state index contributed by atoms with van der Waals surface area (Å²) in [5, 5.41) is 0.567. The third-order valence-electron chi connectivity index (χ3n) is 3.65. The largest absolute Gasteiger partial charge is 0.471 e. The van der Waals surface area contributed by atoms with Gasteiger partial charge in [-0.25, -0.2) is 0 Å². The van der Waals surface area contributed by atoms with Gasteiger partial charge in [0, 0.05) is 31.2 Å². The SMILES string of the molecule is O=C(Cc1ccc(Cl)cc1)N1CCCN(C(=O)C(F)(F)F)CC1. The van der Waals surface area contributed by atoms with Crippen molar-refractivity contribution in [2.75, 3.05) is 26.2 Å². The van der Waals surface area contributed by atoms with Gasteiger partial charge in [-0.2, -0.15) is 13.2 Å². The molecule has 1 fully saturated rings.